The molecule has 8 heteroatoms. The molecule has 0 bridgehead atoms. The molecule has 1 aliphatic heterocycles. The highest BCUT2D eigenvalue weighted by Gasteiger charge is 2.24. The van der Waals surface area contributed by atoms with Crippen molar-refractivity contribution in [2.24, 2.45) is 0 Å². The Morgan fingerprint density at radius 2 is 2.16 bits per heavy atom. The van der Waals surface area contributed by atoms with Crippen LogP contribution in [0.5, 0.6) is 5.75 Å². The average molecular weight is 345 g/mol. The topological polar surface area (TPSA) is 97.2 Å². The molecule has 2 heterocycles. The number of methoxy groups -OCH3 is 1. The van der Waals surface area contributed by atoms with Gasteiger partial charge in [0.2, 0.25) is 0 Å². The first-order chi connectivity index (χ1) is 12.1. The minimum absolute atomic E-state index is 0.0958. The maximum absolute atomic E-state index is 11.0. The highest BCUT2D eigenvalue weighted by atomic mass is 16.6. The number of nitro benzene ring substituents is 1. The zero-order chi connectivity index (χ0) is 17.8. The van der Waals surface area contributed by atoms with Crippen LogP contribution in [0.1, 0.15) is 42.9 Å². The van der Waals surface area contributed by atoms with Gasteiger partial charge in [0, 0.05) is 36.6 Å². The monoisotopic (exact) mass is 345 g/mol. The second-order valence-electron chi connectivity index (χ2n) is 6.30. The third kappa shape index (κ3) is 3.96. The fraction of sp³-hybridized carbons (Fsp3) is 0.529. The van der Waals surface area contributed by atoms with Crippen LogP contribution >= 0.6 is 0 Å². The number of nitrogens with zero attached hydrogens (tertiary/aromatic N) is 4. The van der Waals surface area contributed by atoms with Gasteiger partial charge in [-0.15, -0.1) is 0 Å². The summed E-state index contributed by atoms with van der Waals surface area (Å²) >= 11 is 0. The molecule has 1 fully saturated rings. The van der Waals surface area contributed by atoms with E-state index in [1.54, 1.807) is 19.2 Å². The van der Waals surface area contributed by atoms with E-state index in [9.17, 15) is 10.1 Å². The molecule has 0 unspecified atom stereocenters. The number of non-ortho nitro benzene ring substituents is 1. The Morgan fingerprint density at radius 1 is 1.40 bits per heavy atom. The zero-order valence-electron chi connectivity index (χ0n) is 14.6. The van der Waals surface area contributed by atoms with Crippen LogP contribution in [0.3, 0.4) is 0 Å². The fourth-order valence-electron chi connectivity index (χ4n) is 3.24. The van der Waals surface area contributed by atoms with E-state index in [4.69, 9.17) is 4.74 Å². The lowest BCUT2D eigenvalue weighted by atomic mass is 9.95. The number of piperidine rings is 1. The number of benzene rings is 1. The van der Waals surface area contributed by atoms with Gasteiger partial charge < -0.3 is 4.74 Å². The molecule has 25 heavy (non-hydrogen) atoms. The summed E-state index contributed by atoms with van der Waals surface area (Å²) in [6.07, 6.45) is 2.83. The van der Waals surface area contributed by atoms with Gasteiger partial charge in [-0.1, -0.05) is 6.92 Å². The molecule has 1 aliphatic rings. The molecule has 2 aromatic rings. The van der Waals surface area contributed by atoms with Crippen LogP contribution < -0.4 is 4.74 Å². The van der Waals surface area contributed by atoms with E-state index in [2.05, 4.69) is 27.0 Å². The lowest BCUT2D eigenvalue weighted by molar-refractivity contribution is -0.385. The van der Waals surface area contributed by atoms with Crippen molar-refractivity contribution in [2.75, 3.05) is 20.2 Å². The summed E-state index contributed by atoms with van der Waals surface area (Å²) in [6, 6.07) is 4.75. The number of ether oxygens (including phenoxy) is 1. The minimum Gasteiger partial charge on any atom is -0.496 e. The van der Waals surface area contributed by atoms with Crippen molar-refractivity contribution in [3.63, 3.8) is 0 Å². The van der Waals surface area contributed by atoms with Crippen molar-refractivity contribution in [1.82, 2.24) is 20.1 Å². The van der Waals surface area contributed by atoms with E-state index in [1.165, 1.54) is 6.07 Å². The molecule has 0 radical (unpaired) electrons. The normalized spacial score (nSPS) is 16.1. The second-order valence-corrected chi connectivity index (χ2v) is 6.30. The van der Waals surface area contributed by atoms with E-state index in [0.717, 1.165) is 49.6 Å². The molecule has 8 nitrogen and oxygen atoms in total. The van der Waals surface area contributed by atoms with Crippen LogP contribution in [-0.4, -0.2) is 45.2 Å². The predicted molar refractivity (Wildman–Crippen MR) is 92.7 cm³/mol. The Bertz CT molecular complexity index is 738. The Labute approximate surface area is 146 Å². The first-order valence-electron chi connectivity index (χ1n) is 8.55. The van der Waals surface area contributed by atoms with Gasteiger partial charge in [-0.25, -0.2) is 4.98 Å². The molecule has 1 aromatic carbocycles. The van der Waals surface area contributed by atoms with Gasteiger partial charge in [-0.2, -0.15) is 5.10 Å². The van der Waals surface area contributed by atoms with E-state index in [0.29, 0.717) is 18.2 Å². The maximum atomic E-state index is 11.0. The average Bonchev–Trinajstić information content (AvgIpc) is 3.11. The summed E-state index contributed by atoms with van der Waals surface area (Å²) in [7, 11) is 1.59. The number of hydrogen-bond donors (Lipinski definition) is 1. The van der Waals surface area contributed by atoms with Gasteiger partial charge in [0.1, 0.15) is 11.6 Å². The molecule has 0 aliphatic carbocycles. The predicted octanol–water partition coefficient (Wildman–Crippen LogP) is 2.66. The summed E-state index contributed by atoms with van der Waals surface area (Å²) < 4.78 is 5.35. The lowest BCUT2D eigenvalue weighted by Gasteiger charge is -2.31. The van der Waals surface area contributed by atoms with Gasteiger partial charge in [0.15, 0.2) is 5.82 Å². The van der Waals surface area contributed by atoms with Crippen molar-refractivity contribution in [2.45, 2.75) is 38.6 Å². The molecule has 3 rings (SSSR count). The smallest absolute Gasteiger partial charge is 0.270 e. The summed E-state index contributed by atoms with van der Waals surface area (Å²) in [5, 5.41) is 18.3. The number of rotatable bonds is 6. The first-order valence-corrected chi connectivity index (χ1v) is 8.55. The van der Waals surface area contributed by atoms with E-state index in [-0.39, 0.29) is 10.6 Å². The quantitative estimate of drug-likeness (QED) is 0.638. The van der Waals surface area contributed by atoms with Gasteiger partial charge in [0.25, 0.3) is 5.69 Å². The number of nitrogens with one attached hydrogen (secondary N) is 1. The van der Waals surface area contributed by atoms with E-state index < -0.39 is 0 Å². The highest BCUT2D eigenvalue weighted by molar-refractivity contribution is 5.43. The fourth-order valence-corrected chi connectivity index (χ4v) is 3.24. The molecular weight excluding hydrogens is 322 g/mol. The minimum atomic E-state index is -0.371. The second kappa shape index (κ2) is 7.60. The molecule has 1 aromatic heterocycles. The number of aromatic nitrogens is 3. The summed E-state index contributed by atoms with van der Waals surface area (Å²) in [4.78, 5) is 17.5. The first kappa shape index (κ1) is 17.3. The molecular formula is C17H23N5O3. The molecule has 1 saturated heterocycles. The van der Waals surface area contributed by atoms with Crippen LogP contribution in [0.4, 0.5) is 5.69 Å². The summed E-state index contributed by atoms with van der Waals surface area (Å²) in [6.45, 7) is 4.52. The molecule has 134 valence electrons. The highest BCUT2D eigenvalue weighted by Crippen LogP contribution is 2.29. The molecule has 0 amide bonds. The summed E-state index contributed by atoms with van der Waals surface area (Å²) in [5.41, 5.74) is 0.944. The largest absolute Gasteiger partial charge is 0.496 e. The molecule has 0 saturated carbocycles. The van der Waals surface area contributed by atoms with Crippen LogP contribution in [0.2, 0.25) is 0 Å². The third-order valence-corrected chi connectivity index (χ3v) is 4.71. The Balaban J connectivity index is 1.64. The van der Waals surface area contributed by atoms with Crippen LogP contribution in [0, 0.1) is 10.1 Å². The Hall–Kier alpha value is -2.48. The summed E-state index contributed by atoms with van der Waals surface area (Å²) in [5.74, 6) is 2.90. The number of aromatic amines is 1. The Kier molecular flexibility index (Phi) is 5.28. The number of H-pyrrole nitrogens is 1. The number of aryl methyl sites for hydroxylation is 1. The Morgan fingerprint density at radius 3 is 2.76 bits per heavy atom. The van der Waals surface area contributed by atoms with Gasteiger partial charge in [-0.05, 0) is 32.0 Å². The van der Waals surface area contributed by atoms with Crippen LogP contribution in [0.25, 0.3) is 0 Å². The van der Waals surface area contributed by atoms with Crippen molar-refractivity contribution in [3.8, 4) is 5.75 Å². The number of nitro groups is 1. The van der Waals surface area contributed by atoms with E-state index >= 15 is 0 Å². The third-order valence-electron chi connectivity index (χ3n) is 4.71. The van der Waals surface area contributed by atoms with Crippen LogP contribution in [0.15, 0.2) is 18.2 Å². The maximum Gasteiger partial charge on any atom is 0.270 e. The van der Waals surface area contributed by atoms with Crippen molar-refractivity contribution in [1.29, 1.82) is 0 Å². The zero-order valence-corrected chi connectivity index (χ0v) is 14.6. The van der Waals surface area contributed by atoms with Gasteiger partial charge in [0.05, 0.1) is 12.0 Å². The van der Waals surface area contributed by atoms with Crippen molar-refractivity contribution < 1.29 is 9.66 Å². The number of likely N-dealkylation sites (tertiary alicyclic amines) is 1. The SMILES string of the molecule is CCc1nc(C2CCN(Cc3cc([N+](=O)[O-])ccc3OC)CC2)n[nH]1. The molecule has 1 N–H and O–H groups in total. The lowest BCUT2D eigenvalue weighted by Crippen LogP contribution is -2.32. The number of hydrogen-bond acceptors (Lipinski definition) is 6. The molecule has 0 spiro atoms. The van der Waals surface area contributed by atoms with Crippen molar-refractivity contribution in [3.05, 3.63) is 45.5 Å². The van der Waals surface area contributed by atoms with Gasteiger partial charge >= 0.3 is 0 Å². The molecule has 0 atom stereocenters. The van der Waals surface area contributed by atoms with Crippen LogP contribution in [-0.2, 0) is 13.0 Å². The van der Waals surface area contributed by atoms with Crippen molar-refractivity contribution >= 4 is 5.69 Å². The standard InChI is InChI=1S/C17H23N5O3/c1-3-16-18-17(20-19-16)12-6-8-21(9-7-12)11-13-10-14(22(23)24)4-5-15(13)25-2/h4-5,10,12H,3,6-9,11H2,1-2H3,(H,18,19,20). The van der Waals surface area contributed by atoms with Gasteiger partial charge in [-0.3, -0.25) is 20.1 Å². The van der Waals surface area contributed by atoms with E-state index in [1.807, 2.05) is 0 Å².